The van der Waals surface area contributed by atoms with E-state index in [1.165, 1.54) is 12.5 Å². The minimum atomic E-state index is -0.337. The molecule has 1 rings (SSSR count). The molecule has 0 spiro atoms. The highest BCUT2D eigenvalue weighted by Gasteiger charge is 1.98. The second kappa shape index (κ2) is 4.60. The van der Waals surface area contributed by atoms with Crippen LogP contribution in [0.25, 0.3) is 0 Å². The lowest BCUT2D eigenvalue weighted by Crippen LogP contribution is -2.02. The zero-order valence-corrected chi connectivity index (χ0v) is 7.91. The maximum atomic E-state index is 10.6. The summed E-state index contributed by atoms with van der Waals surface area (Å²) in [4.78, 5) is 14.6. The SMILES string of the molecule is CCCc1ccc(OC(C)=O)nc1. The summed E-state index contributed by atoms with van der Waals surface area (Å²) in [6.07, 6.45) is 3.84. The summed E-state index contributed by atoms with van der Waals surface area (Å²) in [5.41, 5.74) is 1.17. The Morgan fingerprint density at radius 2 is 2.31 bits per heavy atom. The summed E-state index contributed by atoms with van der Waals surface area (Å²) in [6.45, 7) is 3.47. The minimum Gasteiger partial charge on any atom is -0.408 e. The van der Waals surface area contributed by atoms with Crippen LogP contribution in [0, 0.1) is 0 Å². The number of carbonyl (C=O) groups excluding carboxylic acids is 1. The number of pyridine rings is 1. The molecule has 0 amide bonds. The monoisotopic (exact) mass is 179 g/mol. The Hall–Kier alpha value is -1.38. The van der Waals surface area contributed by atoms with Crippen molar-refractivity contribution in [2.45, 2.75) is 26.7 Å². The van der Waals surface area contributed by atoms with Crippen LogP contribution in [0.15, 0.2) is 18.3 Å². The van der Waals surface area contributed by atoms with Crippen LogP contribution in [0.3, 0.4) is 0 Å². The summed E-state index contributed by atoms with van der Waals surface area (Å²) >= 11 is 0. The van der Waals surface area contributed by atoms with Gasteiger partial charge in [0.15, 0.2) is 0 Å². The lowest BCUT2D eigenvalue weighted by atomic mass is 10.2. The molecule has 70 valence electrons. The van der Waals surface area contributed by atoms with E-state index in [2.05, 4.69) is 11.9 Å². The smallest absolute Gasteiger partial charge is 0.309 e. The standard InChI is InChI=1S/C10H13NO2/c1-3-4-9-5-6-10(11-7-9)13-8(2)12/h5-7H,3-4H2,1-2H3. The van der Waals surface area contributed by atoms with E-state index in [1.807, 2.05) is 6.07 Å². The second-order valence-electron chi connectivity index (χ2n) is 2.85. The molecule has 0 bridgehead atoms. The molecule has 0 fully saturated rings. The van der Waals surface area contributed by atoms with Crippen molar-refractivity contribution in [2.24, 2.45) is 0 Å². The molecule has 0 atom stereocenters. The lowest BCUT2D eigenvalue weighted by molar-refractivity contribution is -0.132. The van der Waals surface area contributed by atoms with Crippen LogP contribution >= 0.6 is 0 Å². The van der Waals surface area contributed by atoms with Crippen molar-refractivity contribution in [3.05, 3.63) is 23.9 Å². The fraction of sp³-hybridized carbons (Fsp3) is 0.400. The van der Waals surface area contributed by atoms with Gasteiger partial charge >= 0.3 is 5.97 Å². The summed E-state index contributed by atoms with van der Waals surface area (Å²) in [5, 5.41) is 0. The van der Waals surface area contributed by atoms with Gasteiger partial charge in [0.05, 0.1) is 0 Å². The van der Waals surface area contributed by atoms with Crippen molar-refractivity contribution in [2.75, 3.05) is 0 Å². The first kappa shape index (κ1) is 9.71. The van der Waals surface area contributed by atoms with Gasteiger partial charge in [0.1, 0.15) is 0 Å². The molecule has 1 heterocycles. The molecule has 0 aliphatic rings. The third-order valence-corrected chi connectivity index (χ3v) is 1.58. The topological polar surface area (TPSA) is 39.2 Å². The number of aromatic nitrogens is 1. The Labute approximate surface area is 77.8 Å². The highest BCUT2D eigenvalue weighted by Crippen LogP contribution is 2.08. The van der Waals surface area contributed by atoms with Crippen LogP contribution in [0.2, 0.25) is 0 Å². The summed E-state index contributed by atoms with van der Waals surface area (Å²) in [7, 11) is 0. The van der Waals surface area contributed by atoms with Crippen molar-refractivity contribution in [3.63, 3.8) is 0 Å². The molecular weight excluding hydrogens is 166 g/mol. The van der Waals surface area contributed by atoms with Crippen LogP contribution in [0.1, 0.15) is 25.8 Å². The van der Waals surface area contributed by atoms with Gasteiger partial charge in [0.25, 0.3) is 0 Å². The Kier molecular flexibility index (Phi) is 3.43. The van der Waals surface area contributed by atoms with E-state index in [0.717, 1.165) is 12.8 Å². The molecule has 3 heteroatoms. The molecule has 1 aromatic heterocycles. The maximum Gasteiger partial charge on any atom is 0.309 e. The third kappa shape index (κ3) is 3.23. The van der Waals surface area contributed by atoms with Crippen LogP contribution < -0.4 is 4.74 Å². The van der Waals surface area contributed by atoms with E-state index in [4.69, 9.17) is 4.74 Å². The predicted molar refractivity (Wildman–Crippen MR) is 49.5 cm³/mol. The molecule has 0 saturated heterocycles. The minimum absolute atomic E-state index is 0.337. The zero-order valence-electron chi connectivity index (χ0n) is 7.91. The van der Waals surface area contributed by atoms with Gasteiger partial charge in [-0.05, 0) is 12.0 Å². The fourth-order valence-electron chi connectivity index (χ4n) is 1.06. The number of esters is 1. The average Bonchev–Trinajstić information content (AvgIpc) is 2.08. The van der Waals surface area contributed by atoms with Crippen molar-refractivity contribution < 1.29 is 9.53 Å². The van der Waals surface area contributed by atoms with Gasteiger partial charge in [-0.3, -0.25) is 4.79 Å². The number of hydrogen-bond donors (Lipinski definition) is 0. The molecule has 1 aromatic rings. The Bertz CT molecular complexity index is 279. The van der Waals surface area contributed by atoms with Gasteiger partial charge < -0.3 is 4.74 Å². The molecule has 0 aliphatic heterocycles. The first-order valence-electron chi connectivity index (χ1n) is 4.35. The Morgan fingerprint density at radius 3 is 2.77 bits per heavy atom. The van der Waals surface area contributed by atoms with Crippen molar-refractivity contribution in [1.29, 1.82) is 0 Å². The summed E-state index contributed by atoms with van der Waals surface area (Å²) in [5.74, 6) is 0.0306. The molecule has 0 aromatic carbocycles. The fourth-order valence-corrected chi connectivity index (χ4v) is 1.06. The molecule has 0 N–H and O–H groups in total. The van der Waals surface area contributed by atoms with Crippen molar-refractivity contribution in [1.82, 2.24) is 4.98 Å². The maximum absolute atomic E-state index is 10.6. The second-order valence-corrected chi connectivity index (χ2v) is 2.85. The number of ether oxygens (including phenoxy) is 1. The zero-order chi connectivity index (χ0) is 9.68. The number of rotatable bonds is 3. The molecule has 0 radical (unpaired) electrons. The van der Waals surface area contributed by atoms with Gasteiger partial charge in [-0.1, -0.05) is 19.4 Å². The van der Waals surface area contributed by atoms with Crippen LogP contribution in [-0.2, 0) is 11.2 Å². The van der Waals surface area contributed by atoms with E-state index < -0.39 is 0 Å². The molecule has 13 heavy (non-hydrogen) atoms. The highest BCUT2D eigenvalue weighted by atomic mass is 16.5. The van der Waals surface area contributed by atoms with E-state index in [9.17, 15) is 4.79 Å². The van der Waals surface area contributed by atoms with Crippen LogP contribution in [0.4, 0.5) is 0 Å². The Balaban J connectivity index is 2.64. The number of aryl methyl sites for hydroxylation is 1. The lowest BCUT2D eigenvalue weighted by Gasteiger charge is -2.00. The Morgan fingerprint density at radius 1 is 1.54 bits per heavy atom. The van der Waals surface area contributed by atoms with Gasteiger partial charge in [-0.25, -0.2) is 4.98 Å². The van der Waals surface area contributed by atoms with Gasteiger partial charge in [-0.15, -0.1) is 0 Å². The van der Waals surface area contributed by atoms with Crippen LogP contribution in [-0.4, -0.2) is 11.0 Å². The molecule has 0 saturated carbocycles. The van der Waals surface area contributed by atoms with E-state index in [0.29, 0.717) is 5.88 Å². The van der Waals surface area contributed by atoms with Gasteiger partial charge in [0.2, 0.25) is 5.88 Å². The first-order chi connectivity index (χ1) is 6.22. The third-order valence-electron chi connectivity index (χ3n) is 1.58. The van der Waals surface area contributed by atoms with Crippen molar-refractivity contribution in [3.8, 4) is 5.88 Å². The van der Waals surface area contributed by atoms with Gasteiger partial charge in [0, 0.05) is 19.2 Å². The predicted octanol–water partition coefficient (Wildman–Crippen LogP) is 1.96. The number of nitrogens with zero attached hydrogens (tertiary/aromatic N) is 1. The number of hydrogen-bond acceptors (Lipinski definition) is 3. The van der Waals surface area contributed by atoms with E-state index >= 15 is 0 Å². The van der Waals surface area contributed by atoms with Gasteiger partial charge in [-0.2, -0.15) is 0 Å². The van der Waals surface area contributed by atoms with E-state index in [-0.39, 0.29) is 5.97 Å². The summed E-state index contributed by atoms with van der Waals surface area (Å²) < 4.78 is 4.80. The molecule has 0 aliphatic carbocycles. The summed E-state index contributed by atoms with van der Waals surface area (Å²) in [6, 6.07) is 3.64. The highest BCUT2D eigenvalue weighted by molar-refractivity contribution is 5.68. The average molecular weight is 179 g/mol. The largest absolute Gasteiger partial charge is 0.408 e. The quantitative estimate of drug-likeness (QED) is 0.666. The van der Waals surface area contributed by atoms with E-state index in [1.54, 1.807) is 12.3 Å². The number of carbonyl (C=O) groups is 1. The van der Waals surface area contributed by atoms with Crippen molar-refractivity contribution >= 4 is 5.97 Å². The van der Waals surface area contributed by atoms with Crippen LogP contribution in [0.5, 0.6) is 5.88 Å². The normalized spacial score (nSPS) is 9.69. The molecular formula is C10H13NO2. The molecule has 3 nitrogen and oxygen atoms in total. The first-order valence-corrected chi connectivity index (χ1v) is 4.35. The molecule has 0 unspecified atom stereocenters.